The van der Waals surface area contributed by atoms with Crippen molar-refractivity contribution in [2.75, 3.05) is 12.3 Å². The van der Waals surface area contributed by atoms with Gasteiger partial charge in [-0.3, -0.25) is 0 Å². The Hall–Kier alpha value is -1.79. The SMILES string of the molecule is Nc1cc(S(=O)(=O)C2CCOc3ccccc32)cc(Cl)n1. The van der Waals surface area contributed by atoms with Crippen LogP contribution in [0, 0.1) is 0 Å². The molecule has 1 aromatic heterocycles. The Labute approximate surface area is 127 Å². The van der Waals surface area contributed by atoms with Crippen LogP contribution >= 0.6 is 11.6 Å². The van der Waals surface area contributed by atoms with E-state index in [2.05, 4.69) is 4.98 Å². The van der Waals surface area contributed by atoms with E-state index in [1.807, 2.05) is 6.07 Å². The van der Waals surface area contributed by atoms with Gasteiger partial charge in [0.25, 0.3) is 0 Å². The number of sulfone groups is 1. The van der Waals surface area contributed by atoms with Crippen molar-refractivity contribution in [3.8, 4) is 5.75 Å². The molecule has 1 aliphatic rings. The number of anilines is 1. The highest BCUT2D eigenvalue weighted by Crippen LogP contribution is 2.40. The molecule has 1 atom stereocenters. The molecule has 0 amide bonds. The first-order valence-electron chi connectivity index (χ1n) is 6.37. The molecular weight excluding hydrogens is 312 g/mol. The molecule has 2 N–H and O–H groups in total. The summed E-state index contributed by atoms with van der Waals surface area (Å²) in [5.41, 5.74) is 6.26. The lowest BCUT2D eigenvalue weighted by Gasteiger charge is -2.25. The van der Waals surface area contributed by atoms with Gasteiger partial charge in [-0.05, 0) is 18.2 Å². The zero-order valence-corrected chi connectivity index (χ0v) is 12.6. The largest absolute Gasteiger partial charge is 0.493 e. The summed E-state index contributed by atoms with van der Waals surface area (Å²) in [4.78, 5) is 3.88. The first-order chi connectivity index (χ1) is 9.98. The van der Waals surface area contributed by atoms with E-state index in [4.69, 9.17) is 22.1 Å². The predicted octanol–water partition coefficient (Wildman–Crippen LogP) is 2.61. The summed E-state index contributed by atoms with van der Waals surface area (Å²) in [6.45, 7) is 0.356. The quantitative estimate of drug-likeness (QED) is 0.859. The Morgan fingerprint density at radius 3 is 2.81 bits per heavy atom. The fraction of sp³-hybridized carbons (Fsp3) is 0.214. The smallest absolute Gasteiger partial charge is 0.185 e. The van der Waals surface area contributed by atoms with Crippen LogP contribution in [-0.4, -0.2) is 20.0 Å². The van der Waals surface area contributed by atoms with Gasteiger partial charge in [-0.2, -0.15) is 0 Å². The molecule has 0 aliphatic carbocycles. The van der Waals surface area contributed by atoms with Gasteiger partial charge in [-0.25, -0.2) is 13.4 Å². The van der Waals surface area contributed by atoms with Crippen molar-refractivity contribution in [2.24, 2.45) is 0 Å². The van der Waals surface area contributed by atoms with Crippen LogP contribution in [0.25, 0.3) is 0 Å². The molecule has 1 aliphatic heterocycles. The molecule has 1 unspecified atom stereocenters. The molecule has 0 spiro atoms. The second-order valence-corrected chi connectivity index (χ2v) is 7.28. The minimum atomic E-state index is -3.60. The normalized spacial score (nSPS) is 17.9. The highest BCUT2D eigenvalue weighted by Gasteiger charge is 2.34. The molecular formula is C14H13ClN2O3S. The number of nitrogens with two attached hydrogens (primary N) is 1. The number of nitrogen functional groups attached to an aromatic ring is 1. The summed E-state index contributed by atoms with van der Waals surface area (Å²) < 4.78 is 31.2. The van der Waals surface area contributed by atoms with Crippen molar-refractivity contribution >= 4 is 27.3 Å². The molecule has 0 fully saturated rings. The maximum Gasteiger partial charge on any atom is 0.185 e. The standard InChI is InChI=1S/C14H13ClN2O3S/c15-13-7-9(8-14(16)17-13)21(18,19)12-5-6-20-11-4-2-1-3-10(11)12/h1-4,7-8,12H,5-6H2,(H2,16,17). The van der Waals surface area contributed by atoms with Gasteiger partial charge in [0.1, 0.15) is 16.7 Å². The van der Waals surface area contributed by atoms with Crippen molar-refractivity contribution < 1.29 is 13.2 Å². The Morgan fingerprint density at radius 1 is 1.29 bits per heavy atom. The first-order valence-corrected chi connectivity index (χ1v) is 8.29. The van der Waals surface area contributed by atoms with E-state index in [-0.39, 0.29) is 15.9 Å². The second kappa shape index (κ2) is 5.20. The van der Waals surface area contributed by atoms with E-state index in [0.29, 0.717) is 24.3 Å². The van der Waals surface area contributed by atoms with Crippen molar-refractivity contribution in [3.63, 3.8) is 0 Å². The van der Waals surface area contributed by atoms with Gasteiger partial charge < -0.3 is 10.5 Å². The summed E-state index contributed by atoms with van der Waals surface area (Å²) in [6, 6.07) is 9.80. The summed E-state index contributed by atoms with van der Waals surface area (Å²) >= 11 is 5.82. The number of halogens is 1. The molecule has 0 bridgehead atoms. The number of para-hydroxylation sites is 1. The van der Waals surface area contributed by atoms with Gasteiger partial charge in [-0.15, -0.1) is 0 Å². The van der Waals surface area contributed by atoms with Crippen molar-refractivity contribution in [1.82, 2.24) is 4.98 Å². The molecule has 2 heterocycles. The van der Waals surface area contributed by atoms with E-state index in [1.54, 1.807) is 18.2 Å². The van der Waals surface area contributed by atoms with Crippen LogP contribution in [0.5, 0.6) is 5.75 Å². The molecule has 1 aromatic carbocycles. The number of benzene rings is 1. The monoisotopic (exact) mass is 324 g/mol. The number of hydrogen-bond donors (Lipinski definition) is 1. The molecule has 0 radical (unpaired) electrons. The fourth-order valence-corrected chi connectivity index (χ4v) is 4.56. The number of pyridine rings is 1. The molecule has 110 valence electrons. The average molecular weight is 325 g/mol. The molecule has 0 saturated carbocycles. The van der Waals surface area contributed by atoms with E-state index in [1.165, 1.54) is 12.1 Å². The van der Waals surface area contributed by atoms with Crippen molar-refractivity contribution in [1.29, 1.82) is 0 Å². The summed E-state index contributed by atoms with van der Waals surface area (Å²) in [5.74, 6) is 0.687. The highest BCUT2D eigenvalue weighted by atomic mass is 35.5. The summed E-state index contributed by atoms with van der Waals surface area (Å²) in [6.07, 6.45) is 0.388. The minimum Gasteiger partial charge on any atom is -0.493 e. The van der Waals surface area contributed by atoms with Crippen molar-refractivity contribution in [3.05, 3.63) is 47.1 Å². The summed E-state index contributed by atoms with van der Waals surface area (Å²) in [7, 11) is -3.60. The van der Waals surface area contributed by atoms with Crippen LogP contribution in [-0.2, 0) is 9.84 Å². The van der Waals surface area contributed by atoms with Gasteiger partial charge in [0.05, 0.1) is 16.8 Å². The van der Waals surface area contributed by atoms with Crippen LogP contribution in [0.15, 0.2) is 41.3 Å². The minimum absolute atomic E-state index is 0.0638. The van der Waals surface area contributed by atoms with Crippen molar-refractivity contribution in [2.45, 2.75) is 16.6 Å². The zero-order chi connectivity index (χ0) is 15.0. The van der Waals surface area contributed by atoms with Gasteiger partial charge in [0.15, 0.2) is 9.84 Å². The van der Waals surface area contributed by atoms with E-state index in [0.717, 1.165) is 0 Å². The van der Waals surface area contributed by atoms with E-state index in [9.17, 15) is 8.42 Å². The van der Waals surface area contributed by atoms with Crippen LogP contribution in [0.3, 0.4) is 0 Å². The van der Waals surface area contributed by atoms with Crippen LogP contribution in [0.2, 0.25) is 5.15 Å². The Balaban J connectivity index is 2.11. The predicted molar refractivity (Wildman–Crippen MR) is 80.1 cm³/mol. The maximum atomic E-state index is 12.9. The molecule has 0 saturated heterocycles. The average Bonchev–Trinajstić information content (AvgIpc) is 2.45. The van der Waals surface area contributed by atoms with E-state index < -0.39 is 15.1 Å². The number of hydrogen-bond acceptors (Lipinski definition) is 5. The molecule has 5 nitrogen and oxygen atoms in total. The Kier molecular flexibility index (Phi) is 3.51. The van der Waals surface area contributed by atoms with Crippen LogP contribution < -0.4 is 10.5 Å². The zero-order valence-electron chi connectivity index (χ0n) is 11.0. The van der Waals surface area contributed by atoms with E-state index >= 15 is 0 Å². The maximum absolute atomic E-state index is 12.9. The van der Waals surface area contributed by atoms with Gasteiger partial charge >= 0.3 is 0 Å². The third-order valence-corrected chi connectivity index (χ3v) is 5.72. The molecule has 21 heavy (non-hydrogen) atoms. The number of rotatable bonds is 2. The Bertz CT molecular complexity index is 772. The third-order valence-electron chi connectivity index (χ3n) is 3.39. The lowest BCUT2D eigenvalue weighted by molar-refractivity contribution is 0.283. The number of ether oxygens (including phenoxy) is 1. The molecule has 3 rings (SSSR count). The van der Waals surface area contributed by atoms with Gasteiger partial charge in [0, 0.05) is 12.0 Å². The number of aromatic nitrogens is 1. The first kappa shape index (κ1) is 14.2. The number of fused-ring (bicyclic) bond motifs is 1. The lowest BCUT2D eigenvalue weighted by Crippen LogP contribution is -2.22. The fourth-order valence-electron chi connectivity index (χ4n) is 2.45. The Morgan fingerprint density at radius 2 is 2.05 bits per heavy atom. The number of nitrogens with zero attached hydrogens (tertiary/aromatic N) is 1. The van der Waals surface area contributed by atoms with Gasteiger partial charge in [0.2, 0.25) is 0 Å². The second-order valence-electron chi connectivity index (χ2n) is 4.76. The van der Waals surface area contributed by atoms with Gasteiger partial charge in [-0.1, -0.05) is 29.8 Å². The lowest BCUT2D eigenvalue weighted by atomic mass is 10.1. The molecule has 7 heteroatoms. The van der Waals surface area contributed by atoms with Crippen LogP contribution in [0.4, 0.5) is 5.82 Å². The topological polar surface area (TPSA) is 82.3 Å². The molecule has 2 aromatic rings. The van der Waals surface area contributed by atoms with Crippen LogP contribution in [0.1, 0.15) is 17.2 Å². The summed E-state index contributed by atoms with van der Waals surface area (Å²) in [5, 5.41) is -0.603. The highest BCUT2D eigenvalue weighted by molar-refractivity contribution is 7.91. The third kappa shape index (κ3) is 2.56.